The number of hydrogen-bond acceptors (Lipinski definition) is 6. The van der Waals surface area contributed by atoms with E-state index in [-0.39, 0.29) is 6.10 Å². The van der Waals surface area contributed by atoms with Gasteiger partial charge in [-0.3, -0.25) is 4.79 Å². The average Bonchev–Trinajstić information content (AvgIpc) is 2.73. The van der Waals surface area contributed by atoms with Crippen LogP contribution in [0.25, 0.3) is 11.3 Å². The van der Waals surface area contributed by atoms with Gasteiger partial charge in [0.05, 0.1) is 24.5 Å². The van der Waals surface area contributed by atoms with Crippen LogP contribution in [-0.2, 0) is 4.74 Å². The van der Waals surface area contributed by atoms with Crippen LogP contribution in [0.2, 0.25) is 0 Å². The molecule has 1 aliphatic rings. The van der Waals surface area contributed by atoms with Gasteiger partial charge in [-0.25, -0.2) is 15.0 Å². The van der Waals surface area contributed by atoms with Gasteiger partial charge in [0.15, 0.2) is 0 Å². The Hall–Kier alpha value is -3.32. The zero-order valence-electron chi connectivity index (χ0n) is 16.5. The van der Waals surface area contributed by atoms with Crippen molar-refractivity contribution in [1.29, 1.82) is 0 Å². The Bertz CT molecular complexity index is 1030. The molecule has 29 heavy (non-hydrogen) atoms. The third-order valence-electron chi connectivity index (χ3n) is 4.86. The lowest BCUT2D eigenvalue weighted by molar-refractivity contribution is 0.0365. The number of aryl methyl sites for hydroxylation is 2. The highest BCUT2D eigenvalue weighted by Gasteiger charge is 2.25. The maximum absolute atomic E-state index is 11.5. The van der Waals surface area contributed by atoms with Crippen LogP contribution < -0.4 is 10.6 Å². The van der Waals surface area contributed by atoms with E-state index >= 15 is 0 Å². The SMILES string of the molecule is Cc1cc(C)nc(N2CCO[C@H](c3cccc(-c4cccc(C(N)=O)c4)n3)C2)n1. The number of carbonyl (C=O) groups is 1. The number of carbonyl (C=O) groups excluding carboxylic acids is 1. The van der Waals surface area contributed by atoms with Gasteiger partial charge in [0.25, 0.3) is 0 Å². The third-order valence-corrected chi connectivity index (χ3v) is 4.86. The summed E-state index contributed by atoms with van der Waals surface area (Å²) in [6, 6.07) is 15.0. The summed E-state index contributed by atoms with van der Waals surface area (Å²) in [7, 11) is 0. The molecule has 2 aromatic heterocycles. The molecule has 0 saturated carbocycles. The number of nitrogens with two attached hydrogens (primary N) is 1. The van der Waals surface area contributed by atoms with Crippen molar-refractivity contribution in [2.75, 3.05) is 24.6 Å². The molecule has 2 N–H and O–H groups in total. The normalized spacial score (nSPS) is 16.6. The number of benzene rings is 1. The molecule has 3 aromatic rings. The molecule has 1 atom stereocenters. The van der Waals surface area contributed by atoms with Crippen LogP contribution >= 0.6 is 0 Å². The second-order valence-electron chi connectivity index (χ2n) is 7.15. The predicted octanol–water partition coefficient (Wildman–Crippen LogP) is 2.83. The van der Waals surface area contributed by atoms with Crippen LogP contribution in [0.1, 0.15) is 33.5 Å². The first-order valence-electron chi connectivity index (χ1n) is 9.55. The van der Waals surface area contributed by atoms with Gasteiger partial charge in [0.2, 0.25) is 11.9 Å². The highest BCUT2D eigenvalue weighted by atomic mass is 16.5. The smallest absolute Gasteiger partial charge is 0.248 e. The summed E-state index contributed by atoms with van der Waals surface area (Å²) in [5.41, 5.74) is 10.2. The van der Waals surface area contributed by atoms with Crippen LogP contribution in [0.15, 0.2) is 48.5 Å². The first kappa shape index (κ1) is 19.0. The molecule has 0 spiro atoms. The number of ether oxygens (including phenoxy) is 1. The van der Waals surface area contributed by atoms with E-state index in [2.05, 4.69) is 14.9 Å². The molecule has 1 aliphatic heterocycles. The molecule has 7 nitrogen and oxygen atoms in total. The number of nitrogens with zero attached hydrogens (tertiary/aromatic N) is 4. The molecular weight excluding hydrogens is 366 g/mol. The number of morpholine rings is 1. The van der Waals surface area contributed by atoms with E-state index in [1.165, 1.54) is 0 Å². The molecule has 0 aliphatic carbocycles. The van der Waals surface area contributed by atoms with Crippen LogP contribution in [0.3, 0.4) is 0 Å². The van der Waals surface area contributed by atoms with Gasteiger partial charge in [0, 0.05) is 29.1 Å². The number of rotatable bonds is 4. The zero-order valence-corrected chi connectivity index (χ0v) is 16.5. The van der Waals surface area contributed by atoms with Crippen LogP contribution in [0, 0.1) is 13.8 Å². The molecule has 148 valence electrons. The maximum atomic E-state index is 11.5. The number of pyridine rings is 1. The fourth-order valence-corrected chi connectivity index (χ4v) is 3.48. The molecule has 1 aromatic carbocycles. The molecule has 3 heterocycles. The Morgan fingerprint density at radius 2 is 1.83 bits per heavy atom. The summed E-state index contributed by atoms with van der Waals surface area (Å²) in [5.74, 6) is 0.267. The molecule has 0 bridgehead atoms. The number of hydrogen-bond donors (Lipinski definition) is 1. The molecule has 7 heteroatoms. The van der Waals surface area contributed by atoms with Crippen molar-refractivity contribution < 1.29 is 9.53 Å². The van der Waals surface area contributed by atoms with Crippen molar-refractivity contribution in [3.05, 3.63) is 71.2 Å². The Labute approximate surface area is 169 Å². The minimum Gasteiger partial charge on any atom is -0.368 e. The van der Waals surface area contributed by atoms with Gasteiger partial charge < -0.3 is 15.4 Å². The van der Waals surface area contributed by atoms with Crippen molar-refractivity contribution in [2.24, 2.45) is 5.73 Å². The van der Waals surface area contributed by atoms with E-state index in [0.29, 0.717) is 18.7 Å². The van der Waals surface area contributed by atoms with Gasteiger partial charge >= 0.3 is 0 Å². The summed E-state index contributed by atoms with van der Waals surface area (Å²) >= 11 is 0. The first-order valence-corrected chi connectivity index (χ1v) is 9.55. The van der Waals surface area contributed by atoms with E-state index in [1.807, 2.05) is 44.2 Å². The Balaban J connectivity index is 1.59. The second-order valence-corrected chi connectivity index (χ2v) is 7.15. The van der Waals surface area contributed by atoms with Gasteiger partial charge in [-0.1, -0.05) is 18.2 Å². The summed E-state index contributed by atoms with van der Waals surface area (Å²) in [5, 5.41) is 0. The van der Waals surface area contributed by atoms with Gasteiger partial charge in [-0.15, -0.1) is 0 Å². The molecule has 1 fully saturated rings. The van der Waals surface area contributed by atoms with E-state index in [0.717, 1.165) is 40.8 Å². The number of anilines is 1. The number of aromatic nitrogens is 3. The largest absolute Gasteiger partial charge is 0.368 e. The standard InChI is InChI=1S/C22H23N5O2/c1-14-11-15(2)25-22(24-14)27-9-10-29-20(13-27)19-8-4-7-18(26-19)16-5-3-6-17(12-16)21(23)28/h3-8,11-12,20H,9-10,13H2,1-2H3,(H2,23,28)/t20-/m0/s1. The molecule has 1 saturated heterocycles. The topological polar surface area (TPSA) is 94.2 Å². The van der Waals surface area contributed by atoms with Gasteiger partial charge in [-0.2, -0.15) is 0 Å². The van der Waals surface area contributed by atoms with Crippen molar-refractivity contribution in [3.8, 4) is 11.3 Å². The number of primary amides is 1. The Morgan fingerprint density at radius 1 is 1.07 bits per heavy atom. The van der Waals surface area contributed by atoms with E-state index in [9.17, 15) is 4.79 Å². The van der Waals surface area contributed by atoms with E-state index in [4.69, 9.17) is 15.5 Å². The zero-order chi connectivity index (χ0) is 20.4. The highest BCUT2D eigenvalue weighted by Crippen LogP contribution is 2.26. The van der Waals surface area contributed by atoms with Crippen LogP contribution in [0.5, 0.6) is 0 Å². The van der Waals surface area contributed by atoms with E-state index < -0.39 is 5.91 Å². The predicted molar refractivity (Wildman–Crippen MR) is 111 cm³/mol. The average molecular weight is 389 g/mol. The molecular formula is C22H23N5O2. The molecule has 0 radical (unpaired) electrons. The molecule has 4 rings (SSSR count). The van der Waals surface area contributed by atoms with E-state index in [1.54, 1.807) is 18.2 Å². The van der Waals surface area contributed by atoms with Gasteiger partial charge in [-0.05, 0) is 44.2 Å². The van der Waals surface area contributed by atoms with Crippen molar-refractivity contribution in [2.45, 2.75) is 20.0 Å². The summed E-state index contributed by atoms with van der Waals surface area (Å²) in [6.07, 6.45) is -0.188. The third kappa shape index (κ3) is 4.25. The lowest BCUT2D eigenvalue weighted by atomic mass is 10.1. The van der Waals surface area contributed by atoms with Crippen molar-refractivity contribution in [1.82, 2.24) is 15.0 Å². The Kier molecular flexibility index (Phi) is 5.22. The maximum Gasteiger partial charge on any atom is 0.248 e. The van der Waals surface area contributed by atoms with Crippen molar-refractivity contribution >= 4 is 11.9 Å². The first-order chi connectivity index (χ1) is 14.0. The Morgan fingerprint density at radius 3 is 2.59 bits per heavy atom. The minimum atomic E-state index is -0.456. The minimum absolute atomic E-state index is 0.188. The van der Waals surface area contributed by atoms with Crippen molar-refractivity contribution in [3.63, 3.8) is 0 Å². The van der Waals surface area contributed by atoms with Crippen LogP contribution in [0.4, 0.5) is 5.95 Å². The molecule has 0 unspecified atom stereocenters. The highest BCUT2D eigenvalue weighted by molar-refractivity contribution is 5.93. The quantitative estimate of drug-likeness (QED) is 0.737. The van der Waals surface area contributed by atoms with Gasteiger partial charge in [0.1, 0.15) is 6.10 Å². The lowest BCUT2D eigenvalue weighted by Crippen LogP contribution is -2.39. The van der Waals surface area contributed by atoms with Crippen LogP contribution in [-0.4, -0.2) is 40.6 Å². The summed E-state index contributed by atoms with van der Waals surface area (Å²) in [6.45, 7) is 5.88. The molecule has 1 amide bonds. The fourth-order valence-electron chi connectivity index (χ4n) is 3.48. The fraction of sp³-hybridized carbons (Fsp3) is 0.273. The second kappa shape index (κ2) is 7.97. The summed E-state index contributed by atoms with van der Waals surface area (Å²) < 4.78 is 6.00. The number of amides is 1. The summed E-state index contributed by atoms with van der Waals surface area (Å²) in [4.78, 5) is 27.5. The lowest BCUT2D eigenvalue weighted by Gasteiger charge is -2.33. The monoisotopic (exact) mass is 389 g/mol.